The summed E-state index contributed by atoms with van der Waals surface area (Å²) < 4.78 is 0. The molecule has 1 heterocycles. The maximum Gasteiger partial charge on any atom is 0.129 e. The number of hydrogen-bond donors (Lipinski definition) is 1. The first-order chi connectivity index (χ1) is 7.20. The van der Waals surface area contributed by atoms with E-state index in [2.05, 4.69) is 23.8 Å². The summed E-state index contributed by atoms with van der Waals surface area (Å²) in [6.45, 7) is 4.80. The molecule has 82 valence electrons. The second-order valence-electron chi connectivity index (χ2n) is 4.48. The van der Waals surface area contributed by atoms with Crippen LogP contribution in [0.5, 0.6) is 0 Å². The van der Waals surface area contributed by atoms with Crippen molar-refractivity contribution in [1.82, 2.24) is 9.97 Å². The van der Waals surface area contributed by atoms with Crippen LogP contribution in [0.2, 0.25) is 0 Å². The molecule has 1 aromatic heterocycles. The molecule has 1 aliphatic rings. The van der Waals surface area contributed by atoms with Crippen LogP contribution in [0, 0.1) is 19.8 Å². The van der Waals surface area contributed by atoms with Gasteiger partial charge in [-0.2, -0.15) is 0 Å². The first kappa shape index (κ1) is 10.6. The Kier molecular flexibility index (Phi) is 3.00. The molecule has 2 rings (SSSR count). The van der Waals surface area contributed by atoms with Crippen LogP contribution in [0.4, 0.5) is 0 Å². The number of nitrogens with two attached hydrogens (primary N) is 1. The zero-order chi connectivity index (χ0) is 10.8. The van der Waals surface area contributed by atoms with E-state index in [4.69, 9.17) is 5.73 Å². The van der Waals surface area contributed by atoms with Crippen LogP contribution in [0.3, 0.4) is 0 Å². The Morgan fingerprint density at radius 3 is 2.27 bits per heavy atom. The van der Waals surface area contributed by atoms with Gasteiger partial charge in [-0.25, -0.2) is 9.97 Å². The first-order valence-corrected chi connectivity index (χ1v) is 5.73. The van der Waals surface area contributed by atoms with Crippen molar-refractivity contribution < 1.29 is 0 Å². The number of rotatable bonds is 4. The third-order valence-corrected chi connectivity index (χ3v) is 3.03. The lowest BCUT2D eigenvalue weighted by atomic mass is 10.1. The Morgan fingerprint density at radius 2 is 1.80 bits per heavy atom. The molecule has 1 aliphatic carbocycles. The topological polar surface area (TPSA) is 51.8 Å². The minimum absolute atomic E-state index is 0.674. The molecule has 0 bridgehead atoms. The maximum atomic E-state index is 5.57. The van der Waals surface area contributed by atoms with Crippen LogP contribution in [0.15, 0.2) is 0 Å². The number of hydrogen-bond acceptors (Lipinski definition) is 3. The van der Waals surface area contributed by atoms with Crippen LogP contribution in [-0.4, -0.2) is 16.5 Å². The molecule has 0 radical (unpaired) electrons. The van der Waals surface area contributed by atoms with Crippen molar-refractivity contribution in [2.75, 3.05) is 6.54 Å². The van der Waals surface area contributed by atoms with Gasteiger partial charge in [0.05, 0.1) is 0 Å². The van der Waals surface area contributed by atoms with Crippen molar-refractivity contribution in [3.05, 3.63) is 22.8 Å². The van der Waals surface area contributed by atoms with E-state index in [1.165, 1.54) is 18.4 Å². The summed E-state index contributed by atoms with van der Waals surface area (Å²) in [4.78, 5) is 9.13. The van der Waals surface area contributed by atoms with Gasteiger partial charge in [0.25, 0.3) is 0 Å². The largest absolute Gasteiger partial charge is 0.330 e. The molecule has 0 aliphatic heterocycles. The Balaban J connectivity index is 2.20. The van der Waals surface area contributed by atoms with Crippen LogP contribution in [-0.2, 0) is 12.8 Å². The van der Waals surface area contributed by atoms with E-state index in [1.54, 1.807) is 0 Å². The molecule has 0 atom stereocenters. The van der Waals surface area contributed by atoms with Crippen molar-refractivity contribution in [2.45, 2.75) is 39.5 Å². The van der Waals surface area contributed by atoms with E-state index in [1.807, 2.05) is 0 Å². The van der Waals surface area contributed by atoms with Crippen molar-refractivity contribution in [3.8, 4) is 0 Å². The molecule has 0 unspecified atom stereocenters. The zero-order valence-electron chi connectivity index (χ0n) is 9.58. The predicted molar refractivity (Wildman–Crippen MR) is 60.7 cm³/mol. The summed E-state index contributed by atoms with van der Waals surface area (Å²) in [5.74, 6) is 1.87. The lowest BCUT2D eigenvalue weighted by molar-refractivity contribution is 0.746. The number of aromatic nitrogens is 2. The van der Waals surface area contributed by atoms with E-state index in [0.717, 1.165) is 36.0 Å². The molecule has 2 N–H and O–H groups in total. The summed E-state index contributed by atoms with van der Waals surface area (Å²) >= 11 is 0. The van der Waals surface area contributed by atoms with Gasteiger partial charge in [0.15, 0.2) is 0 Å². The molecule has 3 heteroatoms. The minimum atomic E-state index is 0.674. The van der Waals surface area contributed by atoms with Gasteiger partial charge >= 0.3 is 0 Å². The Labute approximate surface area is 91.1 Å². The van der Waals surface area contributed by atoms with Gasteiger partial charge < -0.3 is 5.73 Å². The van der Waals surface area contributed by atoms with Crippen LogP contribution < -0.4 is 5.73 Å². The normalized spacial score (nSPS) is 15.7. The van der Waals surface area contributed by atoms with Crippen LogP contribution in [0.1, 0.15) is 35.6 Å². The third-order valence-electron chi connectivity index (χ3n) is 3.03. The van der Waals surface area contributed by atoms with Gasteiger partial charge in [-0.1, -0.05) is 0 Å². The molecular weight excluding hydrogens is 186 g/mol. The fourth-order valence-corrected chi connectivity index (χ4v) is 1.99. The highest BCUT2D eigenvalue weighted by Crippen LogP contribution is 2.31. The average molecular weight is 205 g/mol. The highest BCUT2D eigenvalue weighted by Gasteiger charge is 2.23. The SMILES string of the molecule is Cc1nc(CC2CC2)nc(C)c1CCN. The fourth-order valence-electron chi connectivity index (χ4n) is 1.99. The second-order valence-corrected chi connectivity index (χ2v) is 4.48. The van der Waals surface area contributed by atoms with Crippen molar-refractivity contribution in [3.63, 3.8) is 0 Å². The molecule has 0 spiro atoms. The summed E-state index contributed by atoms with van der Waals surface area (Å²) in [5.41, 5.74) is 9.03. The Bertz CT molecular complexity index is 333. The quantitative estimate of drug-likeness (QED) is 0.811. The summed E-state index contributed by atoms with van der Waals surface area (Å²) in [7, 11) is 0. The monoisotopic (exact) mass is 205 g/mol. The molecule has 0 aromatic carbocycles. The molecule has 0 saturated heterocycles. The van der Waals surface area contributed by atoms with E-state index < -0.39 is 0 Å². The van der Waals surface area contributed by atoms with Gasteiger partial charge in [0.2, 0.25) is 0 Å². The molecule has 3 nitrogen and oxygen atoms in total. The third kappa shape index (κ3) is 2.53. The summed E-state index contributed by atoms with van der Waals surface area (Å²) in [6, 6.07) is 0. The second kappa shape index (κ2) is 4.27. The average Bonchev–Trinajstić information content (AvgIpc) is 2.95. The lowest BCUT2D eigenvalue weighted by Gasteiger charge is -2.09. The van der Waals surface area contributed by atoms with Gasteiger partial charge in [-0.3, -0.25) is 0 Å². The van der Waals surface area contributed by atoms with Gasteiger partial charge in [0.1, 0.15) is 5.82 Å². The number of nitrogens with zero attached hydrogens (tertiary/aromatic N) is 2. The lowest BCUT2D eigenvalue weighted by Crippen LogP contribution is -2.10. The summed E-state index contributed by atoms with van der Waals surface area (Å²) in [6.07, 6.45) is 4.66. The van der Waals surface area contributed by atoms with Crippen LogP contribution in [0.25, 0.3) is 0 Å². The standard InChI is InChI=1S/C12H19N3/c1-8-11(5-6-13)9(2)15-12(14-8)7-10-3-4-10/h10H,3-7,13H2,1-2H3. The Morgan fingerprint density at radius 1 is 1.20 bits per heavy atom. The first-order valence-electron chi connectivity index (χ1n) is 5.73. The maximum absolute atomic E-state index is 5.57. The smallest absolute Gasteiger partial charge is 0.129 e. The van der Waals surface area contributed by atoms with Gasteiger partial charge in [0, 0.05) is 17.8 Å². The highest BCUT2D eigenvalue weighted by atomic mass is 14.9. The Hall–Kier alpha value is -0.960. The van der Waals surface area contributed by atoms with E-state index in [-0.39, 0.29) is 0 Å². The van der Waals surface area contributed by atoms with Crippen molar-refractivity contribution >= 4 is 0 Å². The predicted octanol–water partition coefficient (Wildman–Crippen LogP) is 1.55. The minimum Gasteiger partial charge on any atom is -0.330 e. The molecule has 1 saturated carbocycles. The van der Waals surface area contributed by atoms with E-state index in [0.29, 0.717) is 6.54 Å². The zero-order valence-corrected chi connectivity index (χ0v) is 9.58. The fraction of sp³-hybridized carbons (Fsp3) is 0.667. The summed E-state index contributed by atoms with van der Waals surface area (Å²) in [5, 5.41) is 0. The highest BCUT2D eigenvalue weighted by molar-refractivity contribution is 5.24. The van der Waals surface area contributed by atoms with Crippen molar-refractivity contribution in [2.24, 2.45) is 11.7 Å². The van der Waals surface area contributed by atoms with E-state index >= 15 is 0 Å². The molecular formula is C12H19N3. The molecule has 0 amide bonds. The van der Waals surface area contributed by atoms with E-state index in [9.17, 15) is 0 Å². The van der Waals surface area contributed by atoms with Gasteiger partial charge in [-0.15, -0.1) is 0 Å². The van der Waals surface area contributed by atoms with Crippen LogP contribution >= 0.6 is 0 Å². The van der Waals surface area contributed by atoms with Gasteiger partial charge in [-0.05, 0) is 51.1 Å². The molecule has 1 aromatic rings. The molecule has 15 heavy (non-hydrogen) atoms. The molecule has 1 fully saturated rings. The number of aryl methyl sites for hydroxylation is 2. The van der Waals surface area contributed by atoms with Crippen molar-refractivity contribution in [1.29, 1.82) is 0 Å².